The number of halogens is 1. The number of hydrazone groups is 1. The van der Waals surface area contributed by atoms with Gasteiger partial charge in [0.2, 0.25) is 0 Å². The number of hydrogen-bond acceptors (Lipinski definition) is 4. The fourth-order valence-corrected chi connectivity index (χ4v) is 4.01. The van der Waals surface area contributed by atoms with E-state index in [9.17, 15) is 4.79 Å². The number of benzene rings is 3. The lowest BCUT2D eigenvalue weighted by Crippen LogP contribution is -2.27. The van der Waals surface area contributed by atoms with Crippen LogP contribution in [0.5, 0.6) is 11.5 Å². The van der Waals surface area contributed by atoms with Crippen LogP contribution in [-0.4, -0.2) is 30.8 Å². The van der Waals surface area contributed by atoms with Gasteiger partial charge in [0.25, 0.3) is 5.91 Å². The van der Waals surface area contributed by atoms with E-state index in [-0.39, 0.29) is 11.9 Å². The van der Waals surface area contributed by atoms with Gasteiger partial charge < -0.3 is 9.47 Å². The van der Waals surface area contributed by atoms with Crippen molar-refractivity contribution in [1.82, 2.24) is 5.01 Å². The van der Waals surface area contributed by atoms with Gasteiger partial charge in [-0.1, -0.05) is 53.6 Å². The predicted octanol–water partition coefficient (Wildman–Crippen LogP) is 5.66. The van der Waals surface area contributed by atoms with Crippen LogP contribution in [-0.2, 0) is 0 Å². The normalized spacial score (nSPS) is 15.5. The molecule has 0 unspecified atom stereocenters. The molecule has 1 amide bonds. The van der Waals surface area contributed by atoms with Crippen molar-refractivity contribution < 1.29 is 14.3 Å². The molecule has 0 aliphatic carbocycles. The Bertz CT molecular complexity index is 1160. The molecule has 0 saturated carbocycles. The van der Waals surface area contributed by atoms with Crippen molar-refractivity contribution in [3.05, 3.63) is 94.0 Å². The first-order valence-electron chi connectivity index (χ1n) is 9.96. The first-order valence-corrected chi connectivity index (χ1v) is 10.3. The molecule has 0 N–H and O–H groups in total. The zero-order valence-electron chi connectivity index (χ0n) is 17.6. The molecule has 0 bridgehead atoms. The number of aryl methyl sites for hydroxylation is 1. The lowest BCUT2D eigenvalue weighted by Gasteiger charge is -2.22. The van der Waals surface area contributed by atoms with E-state index in [0.717, 1.165) is 22.4 Å². The molecular formula is C25H23ClN2O3. The molecule has 5 nitrogen and oxygen atoms in total. The number of hydrogen-bond donors (Lipinski definition) is 0. The summed E-state index contributed by atoms with van der Waals surface area (Å²) in [7, 11) is 3.22. The third-order valence-electron chi connectivity index (χ3n) is 5.37. The van der Waals surface area contributed by atoms with Gasteiger partial charge in [-0.25, -0.2) is 5.01 Å². The zero-order valence-corrected chi connectivity index (χ0v) is 18.4. The van der Waals surface area contributed by atoms with E-state index in [1.165, 1.54) is 5.01 Å². The van der Waals surface area contributed by atoms with Crippen molar-refractivity contribution in [3.63, 3.8) is 0 Å². The summed E-state index contributed by atoms with van der Waals surface area (Å²) < 4.78 is 10.9. The molecule has 158 valence electrons. The van der Waals surface area contributed by atoms with Crippen LogP contribution >= 0.6 is 11.6 Å². The summed E-state index contributed by atoms with van der Waals surface area (Å²) in [4.78, 5) is 13.5. The first-order chi connectivity index (χ1) is 15.0. The minimum Gasteiger partial charge on any atom is -0.497 e. The van der Waals surface area contributed by atoms with Crippen molar-refractivity contribution in [2.24, 2.45) is 5.10 Å². The number of methoxy groups -OCH3 is 2. The van der Waals surface area contributed by atoms with Gasteiger partial charge in [-0.15, -0.1) is 0 Å². The highest BCUT2D eigenvalue weighted by Gasteiger charge is 2.35. The Kier molecular flexibility index (Phi) is 5.96. The van der Waals surface area contributed by atoms with Gasteiger partial charge in [-0.2, -0.15) is 5.10 Å². The van der Waals surface area contributed by atoms with Gasteiger partial charge in [0.05, 0.1) is 36.6 Å². The third-order valence-corrected chi connectivity index (χ3v) is 5.70. The van der Waals surface area contributed by atoms with Gasteiger partial charge in [-0.3, -0.25) is 4.79 Å². The predicted molar refractivity (Wildman–Crippen MR) is 122 cm³/mol. The second-order valence-corrected chi connectivity index (χ2v) is 7.78. The van der Waals surface area contributed by atoms with E-state index in [1.807, 2.05) is 43.3 Å². The summed E-state index contributed by atoms with van der Waals surface area (Å²) >= 11 is 6.32. The summed E-state index contributed by atoms with van der Waals surface area (Å²) in [6, 6.07) is 20.5. The summed E-state index contributed by atoms with van der Waals surface area (Å²) in [5.74, 6) is 1.10. The van der Waals surface area contributed by atoms with Gasteiger partial charge in [0.15, 0.2) is 0 Å². The maximum Gasteiger partial charge on any atom is 0.276 e. The Hall–Kier alpha value is -3.31. The topological polar surface area (TPSA) is 51.1 Å². The molecular weight excluding hydrogens is 412 g/mol. The summed E-state index contributed by atoms with van der Waals surface area (Å²) in [6.45, 7) is 2.03. The third kappa shape index (κ3) is 4.14. The summed E-state index contributed by atoms with van der Waals surface area (Å²) in [6.07, 6.45) is 0.558. The lowest BCUT2D eigenvalue weighted by molar-refractivity contribution is 0.0711. The summed E-state index contributed by atoms with van der Waals surface area (Å²) in [5, 5.41) is 6.69. The average Bonchev–Trinajstić information content (AvgIpc) is 3.24. The average molecular weight is 435 g/mol. The van der Waals surface area contributed by atoms with Crippen LogP contribution in [0.4, 0.5) is 0 Å². The number of amides is 1. The molecule has 0 spiro atoms. The molecule has 1 heterocycles. The Morgan fingerprint density at radius 1 is 1.03 bits per heavy atom. The van der Waals surface area contributed by atoms with Crippen LogP contribution in [0.3, 0.4) is 0 Å². The monoisotopic (exact) mass is 434 g/mol. The second-order valence-electron chi connectivity index (χ2n) is 7.38. The standard InChI is InChI=1S/C25H23ClN2O3/c1-16-7-6-8-17(13-16)23-15-22(20-12-11-18(30-2)14-24(20)31-3)27-28(23)25(29)19-9-4-5-10-21(19)26/h4-14,23H,15H2,1-3H3/t23-/m1/s1. The van der Waals surface area contributed by atoms with E-state index < -0.39 is 0 Å². The van der Waals surface area contributed by atoms with Gasteiger partial charge in [0.1, 0.15) is 11.5 Å². The van der Waals surface area contributed by atoms with E-state index in [4.69, 9.17) is 26.2 Å². The minimum absolute atomic E-state index is 0.236. The van der Waals surface area contributed by atoms with Crippen LogP contribution in [0.25, 0.3) is 0 Å². The van der Waals surface area contributed by atoms with Crippen molar-refractivity contribution in [3.8, 4) is 11.5 Å². The van der Waals surface area contributed by atoms with Crippen LogP contribution in [0.2, 0.25) is 5.02 Å². The van der Waals surface area contributed by atoms with Crippen LogP contribution in [0, 0.1) is 6.92 Å². The molecule has 1 aliphatic rings. The molecule has 6 heteroatoms. The highest BCUT2D eigenvalue weighted by atomic mass is 35.5. The molecule has 31 heavy (non-hydrogen) atoms. The van der Waals surface area contributed by atoms with E-state index >= 15 is 0 Å². The Labute approximate surface area is 186 Å². The quantitative estimate of drug-likeness (QED) is 0.520. The van der Waals surface area contributed by atoms with Crippen LogP contribution in [0.1, 0.15) is 39.5 Å². The highest BCUT2D eigenvalue weighted by molar-refractivity contribution is 6.33. The fraction of sp³-hybridized carbons (Fsp3) is 0.200. The van der Waals surface area contributed by atoms with Crippen molar-refractivity contribution in [1.29, 1.82) is 0 Å². The molecule has 3 aromatic carbocycles. The van der Waals surface area contributed by atoms with Gasteiger partial charge in [0, 0.05) is 18.1 Å². The number of nitrogens with zero attached hydrogens (tertiary/aromatic N) is 2. The maximum absolute atomic E-state index is 13.5. The Balaban J connectivity index is 1.79. The van der Waals surface area contributed by atoms with E-state index in [2.05, 4.69) is 6.07 Å². The molecule has 0 aromatic heterocycles. The molecule has 4 rings (SSSR count). The maximum atomic E-state index is 13.5. The molecule has 1 atom stereocenters. The Morgan fingerprint density at radius 3 is 2.55 bits per heavy atom. The molecule has 0 saturated heterocycles. The molecule has 0 radical (unpaired) electrons. The zero-order chi connectivity index (χ0) is 22.0. The molecule has 1 aliphatic heterocycles. The minimum atomic E-state index is -0.245. The molecule has 3 aromatic rings. The first kappa shape index (κ1) is 20.9. The number of rotatable bonds is 5. The van der Waals surface area contributed by atoms with Crippen molar-refractivity contribution in [2.75, 3.05) is 14.2 Å². The smallest absolute Gasteiger partial charge is 0.276 e. The SMILES string of the molecule is COc1ccc(C2=NN(C(=O)c3ccccc3Cl)[C@@H](c3cccc(C)c3)C2)c(OC)c1. The Morgan fingerprint density at radius 2 is 1.84 bits per heavy atom. The van der Waals surface area contributed by atoms with Crippen LogP contribution in [0.15, 0.2) is 71.8 Å². The van der Waals surface area contributed by atoms with Crippen LogP contribution < -0.4 is 9.47 Å². The largest absolute Gasteiger partial charge is 0.497 e. The number of carbonyl (C=O) groups excluding carboxylic acids is 1. The summed E-state index contributed by atoms with van der Waals surface area (Å²) in [5.41, 5.74) is 4.17. The lowest BCUT2D eigenvalue weighted by atomic mass is 9.96. The molecule has 0 fully saturated rings. The van der Waals surface area contributed by atoms with E-state index in [0.29, 0.717) is 28.5 Å². The number of ether oxygens (including phenoxy) is 2. The van der Waals surface area contributed by atoms with Gasteiger partial charge >= 0.3 is 0 Å². The van der Waals surface area contributed by atoms with Crippen molar-refractivity contribution >= 4 is 23.2 Å². The second kappa shape index (κ2) is 8.82. The van der Waals surface area contributed by atoms with Crippen molar-refractivity contribution in [2.45, 2.75) is 19.4 Å². The van der Waals surface area contributed by atoms with E-state index in [1.54, 1.807) is 38.5 Å². The number of carbonyl (C=O) groups is 1. The fourth-order valence-electron chi connectivity index (χ4n) is 3.79. The highest BCUT2D eigenvalue weighted by Crippen LogP contribution is 2.37. The van der Waals surface area contributed by atoms with Gasteiger partial charge in [-0.05, 0) is 36.8 Å².